The zero-order valence-corrected chi connectivity index (χ0v) is 19.5. The average molecular weight is 542 g/mol. The highest BCUT2D eigenvalue weighted by Crippen LogP contribution is 2.43. The summed E-state index contributed by atoms with van der Waals surface area (Å²) < 4.78 is 54.5. The van der Waals surface area contributed by atoms with Crippen molar-refractivity contribution < 1.29 is 31.9 Å². The van der Waals surface area contributed by atoms with Gasteiger partial charge in [-0.15, -0.1) is 0 Å². The monoisotopic (exact) mass is 541 g/mol. The van der Waals surface area contributed by atoms with E-state index < -0.39 is 54.5 Å². The molecule has 0 aromatic heterocycles. The van der Waals surface area contributed by atoms with Gasteiger partial charge < -0.3 is 10.2 Å². The first-order valence-corrected chi connectivity index (χ1v) is 11.3. The molecule has 2 aromatic carbocycles. The maximum absolute atomic E-state index is 13.5. The lowest BCUT2D eigenvalue weighted by molar-refractivity contribution is -0.187. The average Bonchev–Trinajstić information content (AvgIpc) is 3.26. The topological polar surface area (TPSA) is 69.7 Å². The van der Waals surface area contributed by atoms with Gasteiger partial charge in [-0.05, 0) is 54.7 Å². The maximum Gasteiger partial charge on any atom is 0.408 e. The molecule has 1 aliphatic heterocycles. The molecule has 1 aliphatic carbocycles. The normalized spacial score (nSPS) is 20.5. The number of carbonyl (C=O) groups is 3. The smallest absolute Gasteiger partial charge is 0.325 e. The van der Waals surface area contributed by atoms with Crippen LogP contribution in [0, 0.1) is 5.82 Å². The van der Waals surface area contributed by atoms with E-state index in [-0.39, 0.29) is 12.0 Å². The van der Waals surface area contributed by atoms with Crippen LogP contribution in [0.1, 0.15) is 30.0 Å². The Kier molecular flexibility index (Phi) is 6.17. The largest absolute Gasteiger partial charge is 0.408 e. The van der Waals surface area contributed by atoms with E-state index >= 15 is 0 Å². The standard InChI is InChI=1S/C23H20BrF4N3O3/c1-13(23(26,27)28)30(11-14-5-7-15(25)8-6-14)19(32)12-31-20(33)22(29-21(31)34)10-9-16-17(22)3-2-4-18(16)24/h2-8,13H,9-12H2,1H3,(H,29,34)/t13-,22?/m0/s1. The van der Waals surface area contributed by atoms with Crippen molar-refractivity contribution in [3.05, 3.63) is 69.4 Å². The Morgan fingerprint density at radius 1 is 1.21 bits per heavy atom. The Hall–Kier alpha value is -2.95. The molecule has 34 heavy (non-hydrogen) atoms. The molecule has 1 saturated heterocycles. The Bertz CT molecular complexity index is 1160. The van der Waals surface area contributed by atoms with Crippen molar-refractivity contribution in [2.45, 2.75) is 44.1 Å². The van der Waals surface area contributed by atoms with E-state index in [1.54, 1.807) is 12.1 Å². The van der Waals surface area contributed by atoms with Gasteiger partial charge in [-0.1, -0.05) is 40.2 Å². The van der Waals surface area contributed by atoms with Crippen molar-refractivity contribution in [2.75, 3.05) is 6.54 Å². The molecule has 1 N–H and O–H groups in total. The van der Waals surface area contributed by atoms with Crippen molar-refractivity contribution in [1.29, 1.82) is 0 Å². The van der Waals surface area contributed by atoms with Gasteiger partial charge in [0.15, 0.2) is 0 Å². The van der Waals surface area contributed by atoms with E-state index in [0.717, 1.165) is 29.1 Å². The van der Waals surface area contributed by atoms with Crippen LogP contribution in [0.15, 0.2) is 46.9 Å². The summed E-state index contributed by atoms with van der Waals surface area (Å²) >= 11 is 3.43. The van der Waals surface area contributed by atoms with Crippen LogP contribution in [0.4, 0.5) is 22.4 Å². The quantitative estimate of drug-likeness (QED) is 0.454. The Labute approximate surface area is 201 Å². The molecule has 2 aromatic rings. The van der Waals surface area contributed by atoms with Crippen LogP contribution in [-0.4, -0.2) is 46.4 Å². The van der Waals surface area contributed by atoms with E-state index in [1.807, 2.05) is 6.07 Å². The Balaban J connectivity index is 1.59. The van der Waals surface area contributed by atoms with E-state index in [0.29, 0.717) is 21.8 Å². The zero-order chi connectivity index (χ0) is 24.8. The van der Waals surface area contributed by atoms with Crippen LogP contribution in [0.5, 0.6) is 0 Å². The van der Waals surface area contributed by atoms with E-state index in [4.69, 9.17) is 0 Å². The summed E-state index contributed by atoms with van der Waals surface area (Å²) in [7, 11) is 0. The molecule has 1 spiro atoms. The highest BCUT2D eigenvalue weighted by atomic mass is 79.9. The molecular weight excluding hydrogens is 522 g/mol. The van der Waals surface area contributed by atoms with Crippen LogP contribution in [0.25, 0.3) is 0 Å². The number of urea groups is 1. The fraction of sp³-hybridized carbons (Fsp3) is 0.348. The molecule has 4 rings (SSSR count). The van der Waals surface area contributed by atoms with Gasteiger partial charge in [-0.2, -0.15) is 13.2 Å². The van der Waals surface area contributed by atoms with Gasteiger partial charge in [0.05, 0.1) is 0 Å². The molecule has 0 radical (unpaired) electrons. The SMILES string of the molecule is C[C@H](N(Cc1ccc(F)cc1)C(=O)CN1C(=O)NC2(CCc3c(Br)cccc32)C1=O)C(F)(F)F. The number of nitrogens with one attached hydrogen (secondary N) is 1. The highest BCUT2D eigenvalue weighted by molar-refractivity contribution is 9.10. The number of hydrogen-bond acceptors (Lipinski definition) is 3. The third-order valence-electron chi connectivity index (χ3n) is 6.33. The lowest BCUT2D eigenvalue weighted by Gasteiger charge is -2.32. The molecule has 1 fully saturated rings. The van der Waals surface area contributed by atoms with Crippen LogP contribution >= 0.6 is 15.9 Å². The summed E-state index contributed by atoms with van der Waals surface area (Å²) in [5.74, 6) is -2.30. The number of halogens is 5. The molecule has 2 aliphatic rings. The van der Waals surface area contributed by atoms with Crippen molar-refractivity contribution in [2.24, 2.45) is 0 Å². The molecule has 0 saturated carbocycles. The fourth-order valence-electron chi connectivity index (χ4n) is 4.41. The van der Waals surface area contributed by atoms with E-state index in [9.17, 15) is 31.9 Å². The molecule has 11 heteroatoms. The number of imide groups is 1. The summed E-state index contributed by atoms with van der Waals surface area (Å²) in [6.45, 7) is -0.499. The van der Waals surface area contributed by atoms with E-state index in [1.165, 1.54) is 12.1 Å². The van der Waals surface area contributed by atoms with Crippen molar-refractivity contribution >= 4 is 33.8 Å². The molecule has 1 heterocycles. The minimum absolute atomic E-state index is 0.272. The summed E-state index contributed by atoms with van der Waals surface area (Å²) in [5.41, 5.74) is 0.373. The predicted molar refractivity (Wildman–Crippen MR) is 117 cm³/mol. The van der Waals surface area contributed by atoms with Gasteiger partial charge in [0.25, 0.3) is 5.91 Å². The number of fused-ring (bicyclic) bond motifs is 2. The number of rotatable bonds is 5. The van der Waals surface area contributed by atoms with Gasteiger partial charge in [0.1, 0.15) is 23.9 Å². The number of carbonyl (C=O) groups excluding carboxylic acids is 3. The summed E-state index contributed by atoms with van der Waals surface area (Å²) in [5, 5.41) is 2.65. The van der Waals surface area contributed by atoms with Gasteiger partial charge in [-0.25, -0.2) is 9.18 Å². The molecule has 4 amide bonds. The summed E-state index contributed by atoms with van der Waals surface area (Å²) in [4.78, 5) is 40.3. The third kappa shape index (κ3) is 4.17. The maximum atomic E-state index is 13.5. The van der Waals surface area contributed by atoms with Gasteiger partial charge in [0, 0.05) is 11.0 Å². The predicted octanol–water partition coefficient (Wildman–Crippen LogP) is 4.26. The number of amides is 4. The number of benzene rings is 2. The third-order valence-corrected chi connectivity index (χ3v) is 7.07. The fourth-order valence-corrected chi connectivity index (χ4v) is 4.98. The minimum Gasteiger partial charge on any atom is -0.325 e. The summed E-state index contributed by atoms with van der Waals surface area (Å²) in [6, 6.07) is 6.91. The van der Waals surface area contributed by atoms with Gasteiger partial charge in [0.2, 0.25) is 5.91 Å². The highest BCUT2D eigenvalue weighted by Gasteiger charge is 2.56. The van der Waals surface area contributed by atoms with Crippen molar-refractivity contribution in [3.8, 4) is 0 Å². The number of nitrogens with zero attached hydrogens (tertiary/aromatic N) is 2. The Morgan fingerprint density at radius 3 is 2.53 bits per heavy atom. The Morgan fingerprint density at radius 2 is 1.88 bits per heavy atom. The lowest BCUT2D eigenvalue weighted by atomic mass is 9.92. The van der Waals surface area contributed by atoms with Crippen LogP contribution < -0.4 is 5.32 Å². The number of hydrogen-bond donors (Lipinski definition) is 1. The molecule has 2 atom stereocenters. The van der Waals surface area contributed by atoms with Crippen LogP contribution in [-0.2, 0) is 28.1 Å². The first-order chi connectivity index (χ1) is 15.9. The number of alkyl halides is 3. The second kappa shape index (κ2) is 8.68. The second-order valence-electron chi connectivity index (χ2n) is 8.36. The van der Waals surface area contributed by atoms with E-state index in [2.05, 4.69) is 21.2 Å². The van der Waals surface area contributed by atoms with Crippen LogP contribution in [0.3, 0.4) is 0 Å². The molecule has 0 bridgehead atoms. The zero-order valence-electron chi connectivity index (χ0n) is 18.0. The van der Waals surface area contributed by atoms with Crippen molar-refractivity contribution in [1.82, 2.24) is 15.1 Å². The molecule has 6 nitrogen and oxygen atoms in total. The lowest BCUT2D eigenvalue weighted by Crippen LogP contribution is -2.51. The van der Waals surface area contributed by atoms with Gasteiger partial charge in [-0.3, -0.25) is 14.5 Å². The first-order valence-electron chi connectivity index (χ1n) is 10.5. The minimum atomic E-state index is -4.75. The van der Waals surface area contributed by atoms with Crippen molar-refractivity contribution in [3.63, 3.8) is 0 Å². The second-order valence-corrected chi connectivity index (χ2v) is 9.21. The first kappa shape index (κ1) is 24.2. The van der Waals surface area contributed by atoms with Crippen LogP contribution in [0.2, 0.25) is 0 Å². The summed E-state index contributed by atoms with van der Waals surface area (Å²) in [6.07, 6.45) is -3.96. The molecular formula is C23H20BrF4N3O3. The molecule has 180 valence electrons. The molecule has 1 unspecified atom stereocenters. The van der Waals surface area contributed by atoms with Gasteiger partial charge >= 0.3 is 12.2 Å².